The number of nitrogens with zero attached hydrogens (tertiary/aromatic N) is 2. The molecule has 0 atom stereocenters. The highest BCUT2D eigenvalue weighted by molar-refractivity contribution is 6.34. The first-order chi connectivity index (χ1) is 18.6. The molecular weight excluding hydrogens is 512 g/mol. The zero-order valence-corrected chi connectivity index (χ0v) is 20.5. The minimum atomic E-state index is -0.933. The predicted octanol–water partition coefficient (Wildman–Crippen LogP) is 3.16. The quantitative estimate of drug-likeness (QED) is 0.191. The molecule has 1 heterocycles. The molecule has 0 aromatic heterocycles. The van der Waals surface area contributed by atoms with Crippen molar-refractivity contribution in [2.45, 2.75) is 6.92 Å². The maximum Gasteiger partial charge on any atom is 0.338 e. The number of hydrogen-bond donors (Lipinski definition) is 2. The van der Waals surface area contributed by atoms with E-state index in [4.69, 9.17) is 9.47 Å². The Hall–Kier alpha value is -5.59. The van der Waals surface area contributed by atoms with Crippen LogP contribution in [0.4, 0.5) is 22.7 Å². The van der Waals surface area contributed by atoms with Crippen molar-refractivity contribution in [2.75, 3.05) is 29.3 Å². The molecule has 1 aliphatic heterocycles. The second-order valence-corrected chi connectivity index (χ2v) is 8.20. The van der Waals surface area contributed by atoms with E-state index in [0.29, 0.717) is 5.69 Å². The van der Waals surface area contributed by atoms with E-state index in [-0.39, 0.29) is 45.4 Å². The minimum absolute atomic E-state index is 0.0135. The first-order valence-corrected chi connectivity index (χ1v) is 11.3. The summed E-state index contributed by atoms with van der Waals surface area (Å²) in [5.41, 5.74) is 0.481. The van der Waals surface area contributed by atoms with Crippen LogP contribution in [0.1, 0.15) is 38.0 Å². The summed E-state index contributed by atoms with van der Waals surface area (Å²) < 4.78 is 10.1. The molecule has 0 aliphatic carbocycles. The lowest BCUT2D eigenvalue weighted by Gasteiger charge is -2.14. The number of hydrogen-bond acceptors (Lipinski definition) is 9. The number of amides is 4. The number of carbonyl (C=O) groups is 5. The van der Waals surface area contributed by atoms with Gasteiger partial charge in [-0.2, -0.15) is 0 Å². The highest BCUT2D eigenvalue weighted by Crippen LogP contribution is 2.31. The Bertz CT molecular complexity index is 1530. The van der Waals surface area contributed by atoms with Crippen LogP contribution < -0.4 is 20.3 Å². The normalized spacial score (nSPS) is 12.0. The maximum atomic E-state index is 13.0. The van der Waals surface area contributed by atoms with Crippen LogP contribution in [0.25, 0.3) is 0 Å². The van der Waals surface area contributed by atoms with Crippen LogP contribution >= 0.6 is 0 Å². The molecule has 0 spiro atoms. The van der Waals surface area contributed by atoms with Crippen molar-refractivity contribution in [2.24, 2.45) is 0 Å². The molecule has 0 fully saturated rings. The van der Waals surface area contributed by atoms with Crippen molar-refractivity contribution in [3.8, 4) is 5.75 Å². The third kappa shape index (κ3) is 5.56. The van der Waals surface area contributed by atoms with Gasteiger partial charge in [0, 0.05) is 24.7 Å². The van der Waals surface area contributed by atoms with Gasteiger partial charge in [-0.05, 0) is 48.5 Å². The highest BCUT2D eigenvalue weighted by atomic mass is 16.6. The molecule has 2 N–H and O–H groups in total. The number of ether oxygens (including phenoxy) is 2. The molecule has 4 rings (SSSR count). The van der Waals surface area contributed by atoms with Crippen LogP contribution in [0.2, 0.25) is 0 Å². The fraction of sp³-hybridized carbons (Fsp3) is 0.115. The molecule has 198 valence electrons. The number of carbonyl (C=O) groups excluding carboxylic acids is 5. The van der Waals surface area contributed by atoms with Crippen molar-refractivity contribution in [3.63, 3.8) is 0 Å². The summed E-state index contributed by atoms with van der Waals surface area (Å²) in [7, 11) is 1.32. The number of nitro benzene ring substituents is 1. The van der Waals surface area contributed by atoms with Crippen LogP contribution in [0, 0.1) is 10.1 Å². The molecular formula is C26H20N4O9. The van der Waals surface area contributed by atoms with Gasteiger partial charge < -0.3 is 20.1 Å². The Kier molecular flexibility index (Phi) is 7.33. The van der Waals surface area contributed by atoms with Crippen molar-refractivity contribution in [1.82, 2.24) is 0 Å². The zero-order chi connectivity index (χ0) is 28.3. The number of non-ortho nitro benzene ring substituents is 1. The minimum Gasteiger partial charge on any atom is -0.495 e. The van der Waals surface area contributed by atoms with E-state index in [0.717, 1.165) is 11.0 Å². The van der Waals surface area contributed by atoms with E-state index >= 15 is 0 Å². The highest BCUT2D eigenvalue weighted by Gasteiger charge is 2.37. The van der Waals surface area contributed by atoms with Crippen molar-refractivity contribution < 1.29 is 38.4 Å². The van der Waals surface area contributed by atoms with Gasteiger partial charge in [0.2, 0.25) is 5.91 Å². The molecule has 13 heteroatoms. The van der Waals surface area contributed by atoms with Crippen LogP contribution in [-0.4, -0.2) is 48.2 Å². The van der Waals surface area contributed by atoms with Gasteiger partial charge in [-0.15, -0.1) is 0 Å². The Morgan fingerprint density at radius 2 is 1.62 bits per heavy atom. The predicted molar refractivity (Wildman–Crippen MR) is 137 cm³/mol. The summed E-state index contributed by atoms with van der Waals surface area (Å²) in [6.45, 7) is 0.614. The molecule has 0 bridgehead atoms. The molecule has 3 aromatic rings. The first kappa shape index (κ1) is 26.5. The Balaban J connectivity index is 1.44. The standard InChI is InChI=1S/C26H20N4O9/c1-14(31)27-16-4-6-17(7-5-16)29-24(33)19-9-3-15(11-20(19)25(29)34)26(35)39-13-23(32)28-21-12-18(30(36)37)8-10-22(21)38-2/h3-12H,13H2,1-2H3,(H,27,31)(H,28,32). The number of anilines is 3. The molecule has 13 nitrogen and oxygen atoms in total. The average Bonchev–Trinajstić information content (AvgIpc) is 3.16. The Morgan fingerprint density at radius 3 is 2.26 bits per heavy atom. The van der Waals surface area contributed by atoms with E-state index < -0.39 is 35.2 Å². The third-order valence-corrected chi connectivity index (χ3v) is 5.57. The van der Waals surface area contributed by atoms with Gasteiger partial charge in [0.15, 0.2) is 6.61 Å². The molecule has 39 heavy (non-hydrogen) atoms. The van der Waals surface area contributed by atoms with Crippen molar-refractivity contribution in [3.05, 3.63) is 87.5 Å². The number of methoxy groups -OCH3 is 1. The van der Waals surface area contributed by atoms with E-state index in [1.807, 2.05) is 0 Å². The number of nitro groups is 1. The summed E-state index contributed by atoms with van der Waals surface area (Å²) in [6.07, 6.45) is 0. The third-order valence-electron chi connectivity index (χ3n) is 5.57. The monoisotopic (exact) mass is 532 g/mol. The summed E-state index contributed by atoms with van der Waals surface area (Å²) in [5, 5.41) is 16.0. The lowest BCUT2D eigenvalue weighted by atomic mass is 10.1. The number of esters is 1. The fourth-order valence-corrected chi connectivity index (χ4v) is 3.81. The van der Waals surface area contributed by atoms with Gasteiger partial charge in [0.05, 0.1) is 40.1 Å². The van der Waals surface area contributed by atoms with Crippen molar-refractivity contribution in [1.29, 1.82) is 0 Å². The van der Waals surface area contributed by atoms with E-state index in [1.54, 1.807) is 0 Å². The van der Waals surface area contributed by atoms with Crippen LogP contribution in [0.5, 0.6) is 5.75 Å². The number of nitrogens with one attached hydrogen (secondary N) is 2. The summed E-state index contributed by atoms with van der Waals surface area (Å²) in [4.78, 5) is 73.3. The fourth-order valence-electron chi connectivity index (χ4n) is 3.81. The second-order valence-electron chi connectivity index (χ2n) is 8.20. The largest absolute Gasteiger partial charge is 0.495 e. The lowest BCUT2D eigenvalue weighted by Crippen LogP contribution is -2.29. The number of imide groups is 1. The zero-order valence-electron chi connectivity index (χ0n) is 20.5. The molecule has 3 aromatic carbocycles. The molecule has 0 unspecified atom stereocenters. The average molecular weight is 532 g/mol. The summed E-state index contributed by atoms with van der Waals surface area (Å²) >= 11 is 0. The van der Waals surface area contributed by atoms with Crippen molar-refractivity contribution >= 4 is 52.3 Å². The summed E-state index contributed by atoms with van der Waals surface area (Å²) in [5.74, 6) is -3.08. The van der Waals surface area contributed by atoms with Crippen LogP contribution in [0.3, 0.4) is 0 Å². The topological polar surface area (TPSA) is 174 Å². The van der Waals surface area contributed by atoms with Crippen LogP contribution in [-0.2, 0) is 14.3 Å². The van der Waals surface area contributed by atoms with Gasteiger partial charge in [0.1, 0.15) is 5.75 Å². The number of fused-ring (bicyclic) bond motifs is 1. The SMILES string of the molecule is COc1ccc([N+](=O)[O-])cc1NC(=O)COC(=O)c1ccc2c(c1)C(=O)N(c1ccc(NC(C)=O)cc1)C2=O. The molecule has 4 amide bonds. The summed E-state index contributed by atoms with van der Waals surface area (Å²) in [6, 6.07) is 13.5. The maximum absolute atomic E-state index is 13.0. The Labute approximate surface area is 220 Å². The molecule has 0 radical (unpaired) electrons. The van der Waals surface area contributed by atoms with Gasteiger partial charge in [0.25, 0.3) is 23.4 Å². The van der Waals surface area contributed by atoms with Gasteiger partial charge in [-0.25, -0.2) is 9.69 Å². The van der Waals surface area contributed by atoms with E-state index in [2.05, 4.69) is 10.6 Å². The number of rotatable bonds is 8. The lowest BCUT2D eigenvalue weighted by molar-refractivity contribution is -0.384. The molecule has 0 saturated heterocycles. The number of benzene rings is 3. The first-order valence-electron chi connectivity index (χ1n) is 11.3. The molecule has 1 aliphatic rings. The van der Waals surface area contributed by atoms with Gasteiger partial charge in [-0.3, -0.25) is 29.3 Å². The van der Waals surface area contributed by atoms with E-state index in [9.17, 15) is 34.1 Å². The van der Waals surface area contributed by atoms with Gasteiger partial charge in [-0.1, -0.05) is 0 Å². The second kappa shape index (κ2) is 10.8. The Morgan fingerprint density at radius 1 is 0.923 bits per heavy atom. The van der Waals surface area contributed by atoms with E-state index in [1.165, 1.54) is 68.6 Å². The smallest absolute Gasteiger partial charge is 0.338 e. The van der Waals surface area contributed by atoms with Gasteiger partial charge >= 0.3 is 5.97 Å². The van der Waals surface area contributed by atoms with Crippen LogP contribution in [0.15, 0.2) is 60.7 Å². The molecule has 0 saturated carbocycles.